The molecule has 1 aliphatic carbocycles. The second kappa shape index (κ2) is 6.92. The van der Waals surface area contributed by atoms with Crippen LogP contribution in [-0.2, 0) is 4.74 Å². The van der Waals surface area contributed by atoms with Gasteiger partial charge < -0.3 is 14.8 Å². The molecule has 0 radical (unpaired) electrons. The second-order valence-corrected chi connectivity index (χ2v) is 5.17. The van der Waals surface area contributed by atoms with E-state index >= 15 is 0 Å². The van der Waals surface area contributed by atoms with Crippen molar-refractivity contribution in [3.05, 3.63) is 29.8 Å². The van der Waals surface area contributed by atoms with E-state index in [-0.39, 0.29) is 6.04 Å². The summed E-state index contributed by atoms with van der Waals surface area (Å²) >= 11 is 0. The predicted octanol–water partition coefficient (Wildman–Crippen LogP) is 3.30. The van der Waals surface area contributed by atoms with Gasteiger partial charge in [0, 0.05) is 24.8 Å². The lowest BCUT2D eigenvalue weighted by Gasteiger charge is -2.25. The summed E-state index contributed by atoms with van der Waals surface area (Å²) in [4.78, 5) is 0. The monoisotopic (exact) mass is 263 g/mol. The number of methoxy groups -OCH3 is 1. The molecule has 1 aromatic rings. The van der Waals surface area contributed by atoms with Gasteiger partial charge in [0.05, 0.1) is 12.7 Å². The zero-order valence-corrected chi connectivity index (χ0v) is 12.2. The van der Waals surface area contributed by atoms with Gasteiger partial charge in [0.15, 0.2) is 0 Å². The third kappa shape index (κ3) is 3.48. The Morgan fingerprint density at radius 1 is 1.32 bits per heavy atom. The van der Waals surface area contributed by atoms with Crippen molar-refractivity contribution in [1.29, 1.82) is 0 Å². The van der Waals surface area contributed by atoms with Crippen LogP contribution in [0.4, 0.5) is 0 Å². The molecule has 106 valence electrons. The van der Waals surface area contributed by atoms with Crippen molar-refractivity contribution in [3.8, 4) is 5.75 Å². The van der Waals surface area contributed by atoms with E-state index in [2.05, 4.69) is 24.4 Å². The predicted molar refractivity (Wildman–Crippen MR) is 77.6 cm³/mol. The molecule has 0 aliphatic heterocycles. The largest absolute Gasteiger partial charge is 0.494 e. The first-order valence-electron chi connectivity index (χ1n) is 7.26. The maximum atomic E-state index is 5.70. The summed E-state index contributed by atoms with van der Waals surface area (Å²) in [5.41, 5.74) is 1.23. The van der Waals surface area contributed by atoms with E-state index in [4.69, 9.17) is 9.47 Å². The molecule has 0 heterocycles. The van der Waals surface area contributed by atoms with Gasteiger partial charge in [-0.25, -0.2) is 0 Å². The van der Waals surface area contributed by atoms with Gasteiger partial charge in [0.1, 0.15) is 5.75 Å². The highest BCUT2D eigenvalue weighted by Gasteiger charge is 2.28. The Labute approximate surface area is 116 Å². The zero-order valence-electron chi connectivity index (χ0n) is 12.2. The van der Waals surface area contributed by atoms with Crippen LogP contribution in [0, 0.1) is 0 Å². The smallest absolute Gasteiger partial charge is 0.124 e. The van der Waals surface area contributed by atoms with E-state index in [1.165, 1.54) is 18.4 Å². The van der Waals surface area contributed by atoms with Gasteiger partial charge in [-0.1, -0.05) is 18.2 Å². The number of para-hydroxylation sites is 1. The van der Waals surface area contributed by atoms with Crippen molar-refractivity contribution < 1.29 is 9.47 Å². The average molecular weight is 263 g/mol. The van der Waals surface area contributed by atoms with Gasteiger partial charge in [-0.05, 0) is 39.2 Å². The Hall–Kier alpha value is -1.06. The van der Waals surface area contributed by atoms with Crippen molar-refractivity contribution in [1.82, 2.24) is 5.32 Å². The molecular weight excluding hydrogens is 238 g/mol. The van der Waals surface area contributed by atoms with Crippen molar-refractivity contribution >= 4 is 0 Å². The molecule has 1 N–H and O–H groups in total. The molecule has 1 saturated carbocycles. The summed E-state index contributed by atoms with van der Waals surface area (Å²) in [5, 5.41) is 3.69. The van der Waals surface area contributed by atoms with Crippen LogP contribution in [0.2, 0.25) is 0 Å². The summed E-state index contributed by atoms with van der Waals surface area (Å²) in [6, 6.07) is 9.00. The lowest BCUT2D eigenvalue weighted by molar-refractivity contribution is 0.0818. The van der Waals surface area contributed by atoms with Crippen LogP contribution in [0.3, 0.4) is 0 Å². The molecule has 0 aromatic heterocycles. The molecule has 0 saturated heterocycles. The first-order valence-corrected chi connectivity index (χ1v) is 7.26. The van der Waals surface area contributed by atoms with Crippen molar-refractivity contribution in [2.24, 2.45) is 0 Å². The van der Waals surface area contributed by atoms with Crippen LogP contribution in [0.1, 0.15) is 44.7 Å². The minimum atomic E-state index is 0.281. The Morgan fingerprint density at radius 3 is 2.84 bits per heavy atom. The van der Waals surface area contributed by atoms with Crippen LogP contribution in [0.15, 0.2) is 24.3 Å². The highest BCUT2D eigenvalue weighted by molar-refractivity contribution is 5.35. The molecule has 1 aliphatic rings. The van der Waals surface area contributed by atoms with E-state index in [1.807, 2.05) is 26.2 Å². The molecular formula is C16H25NO2. The normalized spacial score (nSPS) is 24.4. The van der Waals surface area contributed by atoms with Gasteiger partial charge in [-0.3, -0.25) is 0 Å². The molecule has 19 heavy (non-hydrogen) atoms. The summed E-state index contributed by atoms with van der Waals surface area (Å²) < 4.78 is 11.2. The lowest BCUT2D eigenvalue weighted by Crippen LogP contribution is -2.38. The number of ether oxygens (including phenoxy) is 2. The van der Waals surface area contributed by atoms with Crippen molar-refractivity contribution in [2.75, 3.05) is 13.7 Å². The second-order valence-electron chi connectivity index (χ2n) is 5.17. The van der Waals surface area contributed by atoms with Gasteiger partial charge in [-0.15, -0.1) is 0 Å². The molecule has 1 fully saturated rings. The van der Waals surface area contributed by atoms with Crippen LogP contribution >= 0.6 is 0 Å². The maximum absolute atomic E-state index is 5.70. The standard InChI is InChI=1S/C16H25NO2/c1-4-19-15-10-6-5-8-13(15)12(2)17-14-9-7-11-16(14)18-3/h5-6,8,10,12,14,16-17H,4,7,9,11H2,1-3H3. The molecule has 3 unspecified atom stereocenters. The molecule has 2 rings (SSSR count). The molecule has 3 atom stereocenters. The Kier molecular flexibility index (Phi) is 5.23. The van der Waals surface area contributed by atoms with Crippen molar-refractivity contribution in [3.63, 3.8) is 0 Å². The Morgan fingerprint density at radius 2 is 2.11 bits per heavy atom. The van der Waals surface area contributed by atoms with E-state index in [9.17, 15) is 0 Å². The Balaban J connectivity index is 2.05. The number of hydrogen-bond acceptors (Lipinski definition) is 3. The van der Waals surface area contributed by atoms with Crippen LogP contribution < -0.4 is 10.1 Å². The van der Waals surface area contributed by atoms with E-state index in [1.54, 1.807) is 0 Å². The number of benzene rings is 1. The van der Waals surface area contributed by atoms with Gasteiger partial charge in [-0.2, -0.15) is 0 Å². The molecule has 3 heteroatoms. The molecule has 0 spiro atoms. The lowest BCUT2D eigenvalue weighted by atomic mass is 10.1. The Bertz CT molecular complexity index is 394. The molecule has 0 amide bonds. The van der Waals surface area contributed by atoms with E-state index < -0.39 is 0 Å². The first-order chi connectivity index (χ1) is 9.26. The fraction of sp³-hybridized carbons (Fsp3) is 0.625. The molecule has 0 bridgehead atoms. The SMILES string of the molecule is CCOc1ccccc1C(C)NC1CCCC1OC. The van der Waals surface area contributed by atoms with Crippen LogP contribution in [0.25, 0.3) is 0 Å². The summed E-state index contributed by atoms with van der Waals surface area (Å²) in [6.07, 6.45) is 3.95. The fourth-order valence-electron chi connectivity index (χ4n) is 2.93. The molecule has 1 aromatic carbocycles. The van der Waals surface area contributed by atoms with Gasteiger partial charge in [0.2, 0.25) is 0 Å². The molecule has 3 nitrogen and oxygen atoms in total. The zero-order chi connectivity index (χ0) is 13.7. The van der Waals surface area contributed by atoms with E-state index in [0.717, 1.165) is 12.2 Å². The summed E-state index contributed by atoms with van der Waals surface area (Å²) in [7, 11) is 1.81. The highest BCUT2D eigenvalue weighted by atomic mass is 16.5. The summed E-state index contributed by atoms with van der Waals surface area (Å²) in [6.45, 7) is 4.92. The first kappa shape index (κ1) is 14.4. The minimum absolute atomic E-state index is 0.281. The number of nitrogens with one attached hydrogen (secondary N) is 1. The maximum Gasteiger partial charge on any atom is 0.124 e. The van der Waals surface area contributed by atoms with Gasteiger partial charge >= 0.3 is 0 Å². The van der Waals surface area contributed by atoms with Crippen LogP contribution in [-0.4, -0.2) is 25.9 Å². The third-order valence-electron chi connectivity index (χ3n) is 3.90. The van der Waals surface area contributed by atoms with E-state index in [0.29, 0.717) is 18.8 Å². The number of hydrogen-bond donors (Lipinski definition) is 1. The fourth-order valence-corrected chi connectivity index (χ4v) is 2.93. The van der Waals surface area contributed by atoms with Gasteiger partial charge in [0.25, 0.3) is 0 Å². The highest BCUT2D eigenvalue weighted by Crippen LogP contribution is 2.28. The minimum Gasteiger partial charge on any atom is -0.494 e. The third-order valence-corrected chi connectivity index (χ3v) is 3.90. The topological polar surface area (TPSA) is 30.5 Å². The average Bonchev–Trinajstić information content (AvgIpc) is 2.87. The summed E-state index contributed by atoms with van der Waals surface area (Å²) in [5.74, 6) is 0.983. The van der Waals surface area contributed by atoms with Crippen molar-refractivity contribution in [2.45, 2.75) is 51.3 Å². The number of rotatable bonds is 6. The van der Waals surface area contributed by atoms with Crippen LogP contribution in [0.5, 0.6) is 5.75 Å². The quantitative estimate of drug-likeness (QED) is 0.854.